The van der Waals surface area contributed by atoms with Crippen LogP contribution in [0.4, 0.5) is 17.6 Å². The predicted octanol–water partition coefficient (Wildman–Crippen LogP) is 0.234. The summed E-state index contributed by atoms with van der Waals surface area (Å²) in [5.74, 6) is -6.10. The van der Waals surface area contributed by atoms with E-state index in [1.165, 1.54) is 0 Å². The van der Waals surface area contributed by atoms with Gasteiger partial charge in [0.1, 0.15) is 0 Å². The van der Waals surface area contributed by atoms with E-state index >= 15 is 0 Å². The van der Waals surface area contributed by atoms with Gasteiger partial charge in [-0.05, 0) is 11.3 Å². The molecule has 0 unspecified atom stereocenters. The van der Waals surface area contributed by atoms with Crippen molar-refractivity contribution in [3.63, 3.8) is 0 Å². The van der Waals surface area contributed by atoms with E-state index in [1.54, 1.807) is 0 Å². The van der Waals surface area contributed by atoms with Crippen LogP contribution in [0.3, 0.4) is 0 Å². The van der Waals surface area contributed by atoms with Crippen molar-refractivity contribution in [3.8, 4) is 0 Å². The molecular formula is C6H4F4Si. The van der Waals surface area contributed by atoms with Gasteiger partial charge in [0.15, 0.2) is 23.3 Å². The van der Waals surface area contributed by atoms with Crippen LogP contribution in [0.5, 0.6) is 0 Å². The molecule has 0 saturated carbocycles. The summed E-state index contributed by atoms with van der Waals surface area (Å²) >= 11 is 0. The monoisotopic (exact) mass is 180 g/mol. The molecule has 0 aliphatic rings. The lowest BCUT2D eigenvalue weighted by Gasteiger charge is -1.99. The van der Waals surface area contributed by atoms with E-state index in [0.29, 0.717) is 6.07 Å². The summed E-state index contributed by atoms with van der Waals surface area (Å²) in [5, 5.41) is -0.110. The van der Waals surface area contributed by atoms with Crippen LogP contribution < -0.4 is 5.19 Å². The molecule has 0 heterocycles. The maximum Gasteiger partial charge on any atom is 0.197 e. The van der Waals surface area contributed by atoms with Crippen LogP contribution in [0, 0.1) is 23.3 Å². The standard InChI is InChI=1S/C6H4F4Si/c7-2-1-3(11)5(9)6(10)4(2)8/h1H,11H3. The first-order valence-electron chi connectivity index (χ1n) is 2.83. The minimum absolute atomic E-state index is 0.110. The van der Waals surface area contributed by atoms with Gasteiger partial charge in [-0.2, -0.15) is 0 Å². The number of halogens is 4. The van der Waals surface area contributed by atoms with Gasteiger partial charge in [-0.25, -0.2) is 17.6 Å². The maximum atomic E-state index is 12.4. The Morgan fingerprint density at radius 1 is 0.909 bits per heavy atom. The first-order valence-corrected chi connectivity index (χ1v) is 3.83. The van der Waals surface area contributed by atoms with Crippen LogP contribution in [0.15, 0.2) is 6.07 Å². The van der Waals surface area contributed by atoms with Gasteiger partial charge in [0.2, 0.25) is 0 Å². The molecule has 0 aromatic heterocycles. The zero-order valence-electron chi connectivity index (χ0n) is 5.59. The average Bonchev–Trinajstić information content (AvgIpc) is 1.97. The number of hydrogen-bond donors (Lipinski definition) is 0. The molecule has 5 heteroatoms. The third-order valence-electron chi connectivity index (χ3n) is 1.28. The average molecular weight is 180 g/mol. The predicted molar refractivity (Wildman–Crippen MR) is 35.8 cm³/mol. The van der Waals surface area contributed by atoms with Crippen LogP contribution >= 0.6 is 0 Å². The van der Waals surface area contributed by atoms with Crippen molar-refractivity contribution in [2.45, 2.75) is 0 Å². The second-order valence-electron chi connectivity index (χ2n) is 2.12. The molecule has 1 aromatic rings. The van der Waals surface area contributed by atoms with E-state index in [4.69, 9.17) is 0 Å². The summed E-state index contributed by atoms with van der Waals surface area (Å²) in [5.41, 5.74) is 0. The number of benzene rings is 1. The van der Waals surface area contributed by atoms with Crippen LogP contribution in [-0.4, -0.2) is 10.2 Å². The van der Waals surface area contributed by atoms with E-state index in [0.717, 1.165) is 0 Å². The Hall–Kier alpha value is -0.843. The first-order chi connectivity index (χ1) is 5.04. The number of rotatable bonds is 0. The summed E-state index contributed by atoms with van der Waals surface area (Å²) in [6.07, 6.45) is 0. The van der Waals surface area contributed by atoms with Crippen LogP contribution in [0.25, 0.3) is 0 Å². The Morgan fingerprint density at radius 2 is 1.45 bits per heavy atom. The zero-order chi connectivity index (χ0) is 8.59. The summed E-state index contributed by atoms with van der Waals surface area (Å²) in [6, 6.07) is 0.667. The van der Waals surface area contributed by atoms with Gasteiger partial charge >= 0.3 is 0 Å². The second-order valence-corrected chi connectivity index (χ2v) is 3.19. The van der Waals surface area contributed by atoms with E-state index < -0.39 is 23.3 Å². The Balaban J connectivity index is 3.46. The van der Waals surface area contributed by atoms with Gasteiger partial charge in [0, 0.05) is 10.2 Å². The van der Waals surface area contributed by atoms with Crippen LogP contribution in [-0.2, 0) is 0 Å². The van der Waals surface area contributed by atoms with Crippen molar-refractivity contribution in [1.82, 2.24) is 0 Å². The van der Waals surface area contributed by atoms with Gasteiger partial charge in [0.05, 0.1) is 0 Å². The smallest absolute Gasteiger partial charge is 0.197 e. The number of hydrogen-bond acceptors (Lipinski definition) is 0. The summed E-state index contributed by atoms with van der Waals surface area (Å²) in [7, 11) is 0.150. The molecule has 0 spiro atoms. The Bertz CT molecular complexity index is 271. The van der Waals surface area contributed by atoms with Crippen molar-refractivity contribution in [1.29, 1.82) is 0 Å². The fourth-order valence-corrected chi connectivity index (χ4v) is 1.16. The van der Waals surface area contributed by atoms with Crippen molar-refractivity contribution in [3.05, 3.63) is 29.3 Å². The Labute approximate surface area is 63.3 Å². The maximum absolute atomic E-state index is 12.4. The molecule has 0 atom stereocenters. The lowest BCUT2D eigenvalue weighted by atomic mass is 10.3. The molecular weight excluding hydrogens is 176 g/mol. The van der Waals surface area contributed by atoms with Crippen molar-refractivity contribution < 1.29 is 17.6 Å². The molecule has 1 rings (SSSR count). The fraction of sp³-hybridized carbons (Fsp3) is 0. The van der Waals surface area contributed by atoms with E-state index in [-0.39, 0.29) is 15.4 Å². The topological polar surface area (TPSA) is 0 Å². The van der Waals surface area contributed by atoms with Gasteiger partial charge in [-0.1, -0.05) is 0 Å². The van der Waals surface area contributed by atoms with Crippen molar-refractivity contribution in [2.24, 2.45) is 0 Å². The summed E-state index contributed by atoms with van der Waals surface area (Å²) < 4.78 is 49.2. The lowest BCUT2D eigenvalue weighted by Crippen LogP contribution is -2.14. The molecule has 0 aliphatic carbocycles. The molecule has 0 amide bonds. The van der Waals surface area contributed by atoms with E-state index in [9.17, 15) is 17.6 Å². The van der Waals surface area contributed by atoms with Crippen LogP contribution in [0.2, 0.25) is 0 Å². The molecule has 1 aromatic carbocycles. The minimum Gasteiger partial charge on any atom is -0.204 e. The quantitative estimate of drug-likeness (QED) is 0.232. The molecule has 11 heavy (non-hydrogen) atoms. The third-order valence-corrected chi connectivity index (χ3v) is 2.01. The second kappa shape index (κ2) is 2.65. The van der Waals surface area contributed by atoms with Gasteiger partial charge in [-0.3, -0.25) is 0 Å². The minimum atomic E-state index is -1.75. The Morgan fingerprint density at radius 3 is 2.00 bits per heavy atom. The zero-order valence-corrected chi connectivity index (χ0v) is 7.59. The molecule has 0 nitrogen and oxygen atoms in total. The summed E-state index contributed by atoms with van der Waals surface area (Å²) in [6.45, 7) is 0. The molecule has 60 valence electrons. The molecule has 0 fully saturated rings. The molecule has 0 radical (unpaired) electrons. The highest BCUT2D eigenvalue weighted by atomic mass is 28.1. The van der Waals surface area contributed by atoms with Gasteiger partial charge < -0.3 is 0 Å². The highest BCUT2D eigenvalue weighted by Gasteiger charge is 2.15. The van der Waals surface area contributed by atoms with Crippen molar-refractivity contribution in [2.75, 3.05) is 0 Å². The normalized spacial score (nSPS) is 10.5. The van der Waals surface area contributed by atoms with Gasteiger partial charge in [0.25, 0.3) is 0 Å². The molecule has 0 bridgehead atoms. The Kier molecular flexibility index (Phi) is 1.99. The van der Waals surface area contributed by atoms with E-state index in [1.807, 2.05) is 0 Å². The fourth-order valence-electron chi connectivity index (χ4n) is 0.691. The highest BCUT2D eigenvalue weighted by Crippen LogP contribution is 2.10. The molecule has 0 saturated heterocycles. The highest BCUT2D eigenvalue weighted by molar-refractivity contribution is 6.32. The SMILES string of the molecule is Fc1cc([SiH3])c(F)c(F)c1F. The van der Waals surface area contributed by atoms with Gasteiger partial charge in [-0.15, -0.1) is 0 Å². The van der Waals surface area contributed by atoms with E-state index in [2.05, 4.69) is 0 Å². The summed E-state index contributed by atoms with van der Waals surface area (Å²) in [4.78, 5) is 0. The third kappa shape index (κ3) is 1.28. The van der Waals surface area contributed by atoms with Crippen molar-refractivity contribution >= 4 is 15.4 Å². The largest absolute Gasteiger partial charge is 0.204 e. The molecule has 0 aliphatic heterocycles. The first kappa shape index (κ1) is 8.26. The van der Waals surface area contributed by atoms with Crippen LogP contribution in [0.1, 0.15) is 0 Å². The molecule has 0 N–H and O–H groups in total. The lowest BCUT2D eigenvalue weighted by molar-refractivity contribution is 0.412.